The van der Waals surface area contributed by atoms with E-state index in [2.05, 4.69) is 20.4 Å². The lowest BCUT2D eigenvalue weighted by molar-refractivity contribution is -0.118. The van der Waals surface area contributed by atoms with Crippen molar-refractivity contribution in [1.82, 2.24) is 29.6 Å². The van der Waals surface area contributed by atoms with E-state index in [1.165, 1.54) is 41.0 Å². The number of halogens is 1. The number of thioether (sulfide) groups is 1. The van der Waals surface area contributed by atoms with Crippen molar-refractivity contribution in [2.24, 2.45) is 0 Å². The molecule has 0 atom stereocenters. The smallest absolute Gasteiger partial charge is 0.264 e. The summed E-state index contributed by atoms with van der Waals surface area (Å²) in [6, 6.07) is 13.9. The number of para-hydroxylation sites is 1. The van der Waals surface area contributed by atoms with Gasteiger partial charge in [0.1, 0.15) is 17.5 Å². The van der Waals surface area contributed by atoms with Gasteiger partial charge in [-0.05, 0) is 29.8 Å². The second-order valence-electron chi connectivity index (χ2n) is 7.50. The van der Waals surface area contributed by atoms with E-state index in [4.69, 9.17) is 0 Å². The van der Waals surface area contributed by atoms with Crippen molar-refractivity contribution in [3.8, 4) is 0 Å². The zero-order valence-electron chi connectivity index (χ0n) is 17.8. The molecule has 3 aromatic heterocycles. The average molecular weight is 495 g/mol. The predicted molar refractivity (Wildman–Crippen MR) is 131 cm³/mol. The molecule has 1 N–H and O–H groups in total. The van der Waals surface area contributed by atoms with Gasteiger partial charge in [0.2, 0.25) is 5.91 Å². The van der Waals surface area contributed by atoms with Gasteiger partial charge in [0, 0.05) is 6.54 Å². The van der Waals surface area contributed by atoms with Gasteiger partial charge in [0.05, 0.1) is 35.3 Å². The van der Waals surface area contributed by atoms with Crippen molar-refractivity contribution in [3.63, 3.8) is 0 Å². The van der Waals surface area contributed by atoms with E-state index in [-0.39, 0.29) is 29.6 Å². The lowest BCUT2D eigenvalue weighted by atomic mass is 10.2. The fraction of sp³-hybridized carbons (Fsp3) is 0.174. The first-order valence-electron chi connectivity index (χ1n) is 10.5. The number of amides is 1. The molecule has 3 heterocycles. The summed E-state index contributed by atoms with van der Waals surface area (Å²) in [4.78, 5) is 33.9. The fourth-order valence-electron chi connectivity index (χ4n) is 3.45. The van der Waals surface area contributed by atoms with Crippen LogP contribution in [0, 0.1) is 5.82 Å². The fourth-order valence-corrected chi connectivity index (χ4v) is 5.35. The standard InChI is InChI=1S/C23H19FN6O2S2/c24-16-7-5-15(6-8-16)12-29-14-26-21-17(22(29)32)11-27-30(21)10-9-25-20(31)13-33-23-28-18-3-1-2-4-19(18)34-23/h1-8,11,14H,9-10,12-13H2,(H,25,31). The van der Waals surface area contributed by atoms with E-state index >= 15 is 0 Å². The number of thiazole rings is 1. The molecule has 0 radical (unpaired) electrons. The Morgan fingerprint density at radius 3 is 2.79 bits per heavy atom. The normalized spacial score (nSPS) is 11.3. The van der Waals surface area contributed by atoms with Crippen molar-refractivity contribution in [1.29, 1.82) is 0 Å². The van der Waals surface area contributed by atoms with Crippen molar-refractivity contribution in [2.75, 3.05) is 12.3 Å². The molecule has 34 heavy (non-hydrogen) atoms. The first-order chi connectivity index (χ1) is 16.6. The molecule has 0 saturated heterocycles. The molecular formula is C23H19FN6O2S2. The van der Waals surface area contributed by atoms with Gasteiger partial charge in [-0.2, -0.15) is 5.10 Å². The molecule has 5 aromatic rings. The van der Waals surface area contributed by atoms with Crippen LogP contribution in [0.5, 0.6) is 0 Å². The molecule has 0 fully saturated rings. The second kappa shape index (κ2) is 9.74. The number of nitrogens with one attached hydrogen (secondary N) is 1. The zero-order valence-corrected chi connectivity index (χ0v) is 19.5. The van der Waals surface area contributed by atoms with Crippen LogP contribution in [-0.2, 0) is 17.9 Å². The van der Waals surface area contributed by atoms with Crippen LogP contribution in [0.4, 0.5) is 4.39 Å². The third kappa shape index (κ3) is 4.85. The minimum Gasteiger partial charge on any atom is -0.354 e. The van der Waals surface area contributed by atoms with Gasteiger partial charge in [0.15, 0.2) is 9.99 Å². The van der Waals surface area contributed by atoms with Crippen LogP contribution >= 0.6 is 23.1 Å². The second-order valence-corrected chi connectivity index (χ2v) is 9.75. The summed E-state index contributed by atoms with van der Waals surface area (Å²) in [7, 11) is 0. The Balaban J connectivity index is 1.17. The maximum absolute atomic E-state index is 13.1. The number of hydrogen-bond acceptors (Lipinski definition) is 7. The Morgan fingerprint density at radius 1 is 1.15 bits per heavy atom. The molecule has 11 heteroatoms. The molecular weight excluding hydrogens is 475 g/mol. The quantitative estimate of drug-likeness (QED) is 0.333. The minimum atomic E-state index is -0.326. The minimum absolute atomic E-state index is 0.102. The number of nitrogens with zero attached hydrogens (tertiary/aromatic N) is 5. The highest BCUT2D eigenvalue weighted by atomic mass is 32.2. The number of carbonyl (C=O) groups excluding carboxylic acids is 1. The van der Waals surface area contributed by atoms with Crippen LogP contribution in [0.3, 0.4) is 0 Å². The molecule has 1 amide bonds. The lowest BCUT2D eigenvalue weighted by Gasteiger charge is -2.07. The molecule has 0 bridgehead atoms. The SMILES string of the molecule is O=C(CSc1nc2ccccc2s1)NCCn1ncc2c(=O)n(Cc3ccc(F)cc3)cnc21. The Labute approximate surface area is 201 Å². The zero-order chi connectivity index (χ0) is 23.5. The number of benzene rings is 2. The Morgan fingerprint density at radius 2 is 1.97 bits per heavy atom. The van der Waals surface area contributed by atoms with Gasteiger partial charge >= 0.3 is 0 Å². The molecule has 172 valence electrons. The summed E-state index contributed by atoms with van der Waals surface area (Å²) in [5, 5.41) is 7.52. The van der Waals surface area contributed by atoms with E-state index < -0.39 is 0 Å². The number of fused-ring (bicyclic) bond motifs is 2. The summed E-state index contributed by atoms with van der Waals surface area (Å²) >= 11 is 2.97. The van der Waals surface area contributed by atoms with Crippen LogP contribution in [0.2, 0.25) is 0 Å². The van der Waals surface area contributed by atoms with Gasteiger partial charge in [-0.1, -0.05) is 36.0 Å². The van der Waals surface area contributed by atoms with Crippen molar-refractivity contribution < 1.29 is 9.18 Å². The first-order valence-corrected chi connectivity index (χ1v) is 12.3. The van der Waals surface area contributed by atoms with E-state index in [9.17, 15) is 14.0 Å². The van der Waals surface area contributed by atoms with Crippen LogP contribution in [0.25, 0.3) is 21.3 Å². The number of rotatable bonds is 8. The van der Waals surface area contributed by atoms with Crippen molar-refractivity contribution in [3.05, 3.63) is 82.8 Å². The third-order valence-corrected chi connectivity index (χ3v) is 7.31. The molecule has 0 saturated carbocycles. The van der Waals surface area contributed by atoms with Gasteiger partial charge in [-0.15, -0.1) is 11.3 Å². The average Bonchev–Trinajstić information content (AvgIpc) is 3.45. The Hall–Kier alpha value is -3.57. The number of aromatic nitrogens is 5. The first kappa shape index (κ1) is 22.2. The third-order valence-electron chi connectivity index (χ3n) is 5.14. The summed E-state index contributed by atoms with van der Waals surface area (Å²) < 4.78 is 18.1. The number of carbonyl (C=O) groups is 1. The van der Waals surface area contributed by atoms with E-state index in [1.807, 2.05) is 24.3 Å². The Bertz CT molecular complexity index is 1490. The maximum Gasteiger partial charge on any atom is 0.264 e. The van der Waals surface area contributed by atoms with E-state index in [0.29, 0.717) is 24.1 Å². The van der Waals surface area contributed by atoms with Crippen LogP contribution in [0.1, 0.15) is 5.56 Å². The van der Waals surface area contributed by atoms with Gasteiger partial charge < -0.3 is 5.32 Å². The summed E-state index contributed by atoms with van der Waals surface area (Å²) in [6.45, 7) is 1.03. The highest BCUT2D eigenvalue weighted by Crippen LogP contribution is 2.29. The molecule has 0 unspecified atom stereocenters. The van der Waals surface area contributed by atoms with Crippen LogP contribution in [0.15, 0.2) is 70.2 Å². The maximum atomic E-state index is 13.1. The monoisotopic (exact) mass is 494 g/mol. The molecule has 0 aliphatic rings. The van der Waals surface area contributed by atoms with Gasteiger partial charge in [0.25, 0.3) is 5.56 Å². The van der Waals surface area contributed by atoms with Gasteiger partial charge in [-0.3, -0.25) is 14.2 Å². The molecule has 0 spiro atoms. The Kier molecular flexibility index (Phi) is 6.37. The molecule has 5 rings (SSSR count). The van der Waals surface area contributed by atoms with Gasteiger partial charge in [-0.25, -0.2) is 19.0 Å². The van der Waals surface area contributed by atoms with E-state index in [0.717, 1.165) is 20.1 Å². The summed E-state index contributed by atoms with van der Waals surface area (Å²) in [5.41, 5.74) is 1.96. The predicted octanol–water partition coefficient (Wildman–Crippen LogP) is 3.30. The molecule has 8 nitrogen and oxygen atoms in total. The van der Waals surface area contributed by atoms with Crippen LogP contribution < -0.4 is 10.9 Å². The summed E-state index contributed by atoms with van der Waals surface area (Å²) in [6.07, 6.45) is 2.94. The van der Waals surface area contributed by atoms with Crippen molar-refractivity contribution >= 4 is 50.3 Å². The topological polar surface area (TPSA) is 94.7 Å². The van der Waals surface area contributed by atoms with E-state index in [1.54, 1.807) is 28.2 Å². The van der Waals surface area contributed by atoms with Crippen LogP contribution in [-0.4, -0.2) is 42.5 Å². The molecule has 0 aliphatic heterocycles. The lowest BCUT2D eigenvalue weighted by Crippen LogP contribution is -2.29. The molecule has 2 aromatic carbocycles. The van der Waals surface area contributed by atoms with Crippen molar-refractivity contribution in [2.45, 2.75) is 17.4 Å². The largest absolute Gasteiger partial charge is 0.354 e. The highest BCUT2D eigenvalue weighted by molar-refractivity contribution is 8.01. The number of hydrogen-bond donors (Lipinski definition) is 1. The highest BCUT2D eigenvalue weighted by Gasteiger charge is 2.12. The summed E-state index contributed by atoms with van der Waals surface area (Å²) in [5.74, 6) is -0.157. The molecule has 0 aliphatic carbocycles.